The zero-order chi connectivity index (χ0) is 14.1. The number of hydrogen-bond donors (Lipinski definition) is 1. The molecule has 1 atom stereocenters. The zero-order valence-corrected chi connectivity index (χ0v) is 12.6. The van der Waals surface area contributed by atoms with Crippen molar-refractivity contribution in [3.8, 4) is 0 Å². The molecule has 3 heterocycles. The molecule has 116 valence electrons. The molecule has 1 saturated heterocycles. The lowest BCUT2D eigenvalue weighted by Gasteiger charge is -2.27. The minimum atomic E-state index is 0.122. The van der Waals surface area contributed by atoms with E-state index in [1.165, 1.54) is 24.1 Å². The van der Waals surface area contributed by atoms with E-state index in [4.69, 9.17) is 14.6 Å². The number of hydrogen-bond acceptors (Lipinski definition) is 4. The number of nitrogens with one attached hydrogen (secondary N) is 1. The molecule has 1 aromatic heterocycles. The van der Waals surface area contributed by atoms with Crippen molar-refractivity contribution in [3.63, 3.8) is 0 Å². The smallest absolute Gasteiger partial charge is 0.114 e. The summed E-state index contributed by atoms with van der Waals surface area (Å²) in [7, 11) is 0. The van der Waals surface area contributed by atoms with Crippen LogP contribution in [0.15, 0.2) is 6.20 Å². The average Bonchev–Trinajstić information content (AvgIpc) is 3.23. The fraction of sp³-hybridized carbons (Fsp3) is 0.812. The van der Waals surface area contributed by atoms with Crippen LogP contribution in [0.1, 0.15) is 43.0 Å². The monoisotopic (exact) mass is 291 g/mol. The van der Waals surface area contributed by atoms with E-state index in [9.17, 15) is 0 Å². The molecule has 1 aliphatic carbocycles. The van der Waals surface area contributed by atoms with E-state index >= 15 is 0 Å². The van der Waals surface area contributed by atoms with Gasteiger partial charge < -0.3 is 14.8 Å². The molecule has 1 saturated carbocycles. The topological polar surface area (TPSA) is 48.3 Å². The SMILES string of the molecule is c1c2c(nn1CC1CC1)[C@@H](CNC1CCOCC1)OCC2. The van der Waals surface area contributed by atoms with Crippen molar-refractivity contribution in [2.45, 2.75) is 50.8 Å². The summed E-state index contributed by atoms with van der Waals surface area (Å²) in [6.07, 6.45) is 8.33. The largest absolute Gasteiger partial charge is 0.381 e. The molecule has 1 N–H and O–H groups in total. The van der Waals surface area contributed by atoms with Crippen molar-refractivity contribution in [3.05, 3.63) is 17.5 Å². The van der Waals surface area contributed by atoms with Crippen LogP contribution in [0, 0.1) is 5.92 Å². The molecule has 0 amide bonds. The van der Waals surface area contributed by atoms with Gasteiger partial charge in [-0.1, -0.05) is 0 Å². The number of ether oxygens (including phenoxy) is 2. The summed E-state index contributed by atoms with van der Waals surface area (Å²) < 4.78 is 13.5. The van der Waals surface area contributed by atoms with E-state index < -0.39 is 0 Å². The van der Waals surface area contributed by atoms with E-state index in [2.05, 4.69) is 16.2 Å². The second-order valence-corrected chi connectivity index (χ2v) is 6.61. The van der Waals surface area contributed by atoms with Gasteiger partial charge in [-0.25, -0.2) is 0 Å². The fourth-order valence-corrected chi connectivity index (χ4v) is 3.32. The van der Waals surface area contributed by atoms with Crippen molar-refractivity contribution in [1.29, 1.82) is 0 Å². The lowest BCUT2D eigenvalue weighted by Crippen LogP contribution is -2.38. The first-order chi connectivity index (χ1) is 10.4. The predicted octanol–water partition coefficient (Wildman–Crippen LogP) is 1.68. The molecule has 2 fully saturated rings. The van der Waals surface area contributed by atoms with Crippen molar-refractivity contribution < 1.29 is 9.47 Å². The van der Waals surface area contributed by atoms with Crippen LogP contribution in [0.2, 0.25) is 0 Å². The van der Waals surface area contributed by atoms with Crippen LogP contribution < -0.4 is 5.32 Å². The van der Waals surface area contributed by atoms with E-state index in [0.717, 1.165) is 58.1 Å². The summed E-state index contributed by atoms with van der Waals surface area (Å²) in [6, 6.07) is 0.571. The van der Waals surface area contributed by atoms with Crippen LogP contribution in [0.25, 0.3) is 0 Å². The summed E-state index contributed by atoms with van der Waals surface area (Å²) in [4.78, 5) is 0. The molecule has 0 spiro atoms. The van der Waals surface area contributed by atoms with Crippen LogP contribution in [0.3, 0.4) is 0 Å². The summed E-state index contributed by atoms with van der Waals surface area (Å²) in [5.41, 5.74) is 2.56. The Morgan fingerprint density at radius 1 is 1.19 bits per heavy atom. The first-order valence-electron chi connectivity index (χ1n) is 8.37. The Balaban J connectivity index is 1.38. The maximum absolute atomic E-state index is 5.96. The summed E-state index contributed by atoms with van der Waals surface area (Å²) in [6.45, 7) is 4.54. The highest BCUT2D eigenvalue weighted by molar-refractivity contribution is 5.22. The molecule has 0 aromatic carbocycles. The standard InChI is InChI=1S/C16H25N3O2/c1-2-12(1)10-19-11-13-3-8-21-15(16(13)18-19)9-17-14-4-6-20-7-5-14/h11-12,14-15,17H,1-10H2/t15-/m1/s1. The molecule has 2 aliphatic heterocycles. The van der Waals surface area contributed by atoms with Crippen LogP contribution in [0.5, 0.6) is 0 Å². The van der Waals surface area contributed by atoms with Crippen molar-refractivity contribution in [2.24, 2.45) is 5.92 Å². The van der Waals surface area contributed by atoms with Gasteiger partial charge in [-0.15, -0.1) is 0 Å². The Morgan fingerprint density at radius 3 is 2.86 bits per heavy atom. The predicted molar refractivity (Wildman–Crippen MR) is 79.2 cm³/mol. The molecule has 5 heteroatoms. The fourth-order valence-electron chi connectivity index (χ4n) is 3.32. The van der Waals surface area contributed by atoms with Gasteiger partial charge in [0.05, 0.1) is 12.3 Å². The lowest BCUT2D eigenvalue weighted by atomic mass is 10.0. The maximum atomic E-state index is 5.96. The van der Waals surface area contributed by atoms with Crippen LogP contribution >= 0.6 is 0 Å². The summed E-state index contributed by atoms with van der Waals surface area (Å²) in [5, 5.41) is 8.44. The molecule has 3 aliphatic rings. The third-order valence-electron chi connectivity index (χ3n) is 4.82. The lowest BCUT2D eigenvalue weighted by molar-refractivity contribution is 0.0297. The second kappa shape index (κ2) is 6.07. The molecule has 21 heavy (non-hydrogen) atoms. The van der Waals surface area contributed by atoms with Gasteiger partial charge in [-0.05, 0) is 43.6 Å². The molecule has 4 rings (SSSR count). The number of nitrogens with zero attached hydrogens (tertiary/aromatic N) is 2. The molecule has 5 nitrogen and oxygen atoms in total. The molecule has 0 bridgehead atoms. The van der Waals surface area contributed by atoms with Gasteiger partial charge in [0.2, 0.25) is 0 Å². The quantitative estimate of drug-likeness (QED) is 0.896. The van der Waals surface area contributed by atoms with Crippen molar-refractivity contribution in [2.75, 3.05) is 26.4 Å². The normalized spacial score (nSPS) is 26.8. The average molecular weight is 291 g/mol. The highest BCUT2D eigenvalue weighted by Crippen LogP contribution is 2.32. The van der Waals surface area contributed by atoms with Gasteiger partial charge in [0, 0.05) is 38.5 Å². The molecule has 0 unspecified atom stereocenters. The van der Waals surface area contributed by atoms with Crippen LogP contribution in [-0.4, -0.2) is 42.2 Å². The Hall–Kier alpha value is -0.910. The van der Waals surface area contributed by atoms with Gasteiger partial charge in [-0.2, -0.15) is 5.10 Å². The van der Waals surface area contributed by atoms with E-state index in [1.807, 2.05) is 0 Å². The van der Waals surface area contributed by atoms with Gasteiger partial charge in [0.15, 0.2) is 0 Å². The number of rotatable bonds is 5. The third-order valence-corrected chi connectivity index (χ3v) is 4.82. The number of fused-ring (bicyclic) bond motifs is 1. The molecular formula is C16H25N3O2. The van der Waals surface area contributed by atoms with E-state index in [0.29, 0.717) is 6.04 Å². The maximum Gasteiger partial charge on any atom is 0.114 e. The van der Waals surface area contributed by atoms with Gasteiger partial charge in [0.1, 0.15) is 6.10 Å². The van der Waals surface area contributed by atoms with Gasteiger partial charge >= 0.3 is 0 Å². The third kappa shape index (κ3) is 3.30. The Morgan fingerprint density at radius 2 is 2.05 bits per heavy atom. The van der Waals surface area contributed by atoms with Gasteiger partial charge in [-0.3, -0.25) is 4.68 Å². The highest BCUT2D eigenvalue weighted by Gasteiger charge is 2.28. The second-order valence-electron chi connectivity index (χ2n) is 6.61. The van der Waals surface area contributed by atoms with Crippen molar-refractivity contribution in [1.82, 2.24) is 15.1 Å². The first kappa shape index (κ1) is 13.7. The van der Waals surface area contributed by atoms with Crippen LogP contribution in [-0.2, 0) is 22.4 Å². The minimum absolute atomic E-state index is 0.122. The summed E-state index contributed by atoms with van der Waals surface area (Å²) >= 11 is 0. The minimum Gasteiger partial charge on any atom is -0.381 e. The van der Waals surface area contributed by atoms with E-state index in [1.54, 1.807) is 0 Å². The molecular weight excluding hydrogens is 266 g/mol. The molecule has 0 radical (unpaired) electrons. The first-order valence-corrected chi connectivity index (χ1v) is 8.37. The zero-order valence-electron chi connectivity index (χ0n) is 12.6. The van der Waals surface area contributed by atoms with Crippen LogP contribution in [0.4, 0.5) is 0 Å². The Labute approximate surface area is 126 Å². The van der Waals surface area contributed by atoms with Crippen molar-refractivity contribution >= 4 is 0 Å². The highest BCUT2D eigenvalue weighted by atomic mass is 16.5. The molecule has 1 aromatic rings. The van der Waals surface area contributed by atoms with E-state index in [-0.39, 0.29) is 6.10 Å². The van der Waals surface area contributed by atoms with Gasteiger partial charge in [0.25, 0.3) is 0 Å². The summed E-state index contributed by atoms with van der Waals surface area (Å²) in [5.74, 6) is 0.867. The Kier molecular flexibility index (Phi) is 3.97. The Bertz CT molecular complexity index is 478. The number of aromatic nitrogens is 2.